The number of hydrogen-bond acceptors (Lipinski definition) is 4. The zero-order chi connectivity index (χ0) is 13.4. The Balaban J connectivity index is 2.36. The van der Waals surface area contributed by atoms with Gasteiger partial charge in [0.2, 0.25) is 0 Å². The second-order valence-electron chi connectivity index (χ2n) is 3.80. The Labute approximate surface area is 110 Å². The summed E-state index contributed by atoms with van der Waals surface area (Å²) in [6, 6.07) is 0. The summed E-state index contributed by atoms with van der Waals surface area (Å²) < 4.78 is 0. The lowest BCUT2D eigenvalue weighted by Crippen LogP contribution is -2.22. The number of aromatic nitrogens is 1. The van der Waals surface area contributed by atoms with Crippen LogP contribution in [0.1, 0.15) is 43.1 Å². The Kier molecular flexibility index (Phi) is 6.13. The fraction of sp³-hybridized carbons (Fsp3) is 0.545. The van der Waals surface area contributed by atoms with Crippen molar-refractivity contribution in [1.82, 2.24) is 4.98 Å². The topological polar surface area (TPSA) is 101 Å². The quantitative estimate of drug-likeness (QED) is 0.400. The molecule has 0 aliphatic rings. The molecule has 0 aliphatic carbocycles. The van der Waals surface area contributed by atoms with Gasteiger partial charge in [0.05, 0.1) is 0 Å². The molecular weight excluding hydrogens is 252 g/mol. The van der Waals surface area contributed by atoms with Crippen molar-refractivity contribution in [3.63, 3.8) is 0 Å². The van der Waals surface area contributed by atoms with Crippen LogP contribution in [-0.2, 0) is 0 Å². The van der Waals surface area contributed by atoms with Crippen LogP contribution in [0.2, 0.25) is 0 Å². The number of anilines is 1. The van der Waals surface area contributed by atoms with E-state index < -0.39 is 5.97 Å². The van der Waals surface area contributed by atoms with Crippen LogP contribution in [0.25, 0.3) is 0 Å². The molecule has 18 heavy (non-hydrogen) atoms. The highest BCUT2D eigenvalue weighted by molar-refractivity contribution is 7.14. The number of guanidine groups is 1. The first-order valence-corrected chi connectivity index (χ1v) is 6.77. The molecule has 0 saturated heterocycles. The van der Waals surface area contributed by atoms with E-state index in [-0.39, 0.29) is 11.7 Å². The van der Waals surface area contributed by atoms with Gasteiger partial charge in [0.1, 0.15) is 0 Å². The highest BCUT2D eigenvalue weighted by Gasteiger charge is 2.08. The summed E-state index contributed by atoms with van der Waals surface area (Å²) in [5.41, 5.74) is 5.68. The van der Waals surface area contributed by atoms with Gasteiger partial charge in [-0.3, -0.25) is 4.99 Å². The van der Waals surface area contributed by atoms with E-state index >= 15 is 0 Å². The second kappa shape index (κ2) is 7.65. The Morgan fingerprint density at radius 1 is 1.56 bits per heavy atom. The third-order valence-electron chi connectivity index (χ3n) is 2.25. The zero-order valence-corrected chi connectivity index (χ0v) is 11.2. The maximum atomic E-state index is 10.6. The van der Waals surface area contributed by atoms with Crippen LogP contribution >= 0.6 is 11.3 Å². The van der Waals surface area contributed by atoms with Gasteiger partial charge < -0.3 is 16.2 Å². The largest absolute Gasteiger partial charge is 0.476 e. The number of aliphatic imine (C=N–C) groups is 1. The summed E-state index contributed by atoms with van der Waals surface area (Å²) in [6.07, 6.45) is 4.55. The molecule has 0 unspecified atom stereocenters. The average molecular weight is 270 g/mol. The Bertz CT molecular complexity index is 417. The molecule has 0 radical (unpaired) electrons. The van der Waals surface area contributed by atoms with E-state index in [4.69, 9.17) is 10.8 Å². The molecule has 0 spiro atoms. The number of rotatable bonds is 7. The van der Waals surface area contributed by atoms with Gasteiger partial charge in [0.15, 0.2) is 16.8 Å². The number of unbranched alkanes of at least 4 members (excludes halogenated alkanes) is 3. The maximum absolute atomic E-state index is 10.6. The normalized spacial score (nSPS) is 11.5. The number of thiazole rings is 1. The van der Waals surface area contributed by atoms with E-state index in [1.807, 2.05) is 0 Å². The molecule has 0 aliphatic heterocycles. The predicted octanol–water partition coefficient (Wildman–Crippen LogP) is 2.15. The van der Waals surface area contributed by atoms with Crippen LogP contribution in [0.5, 0.6) is 0 Å². The number of aromatic carboxylic acids is 1. The van der Waals surface area contributed by atoms with Crippen molar-refractivity contribution in [2.24, 2.45) is 10.7 Å². The van der Waals surface area contributed by atoms with Gasteiger partial charge in [-0.2, -0.15) is 0 Å². The second-order valence-corrected chi connectivity index (χ2v) is 4.65. The van der Waals surface area contributed by atoms with Gasteiger partial charge in [0.25, 0.3) is 0 Å². The summed E-state index contributed by atoms with van der Waals surface area (Å²) in [6.45, 7) is 2.83. The number of hydrogen-bond donors (Lipinski definition) is 3. The van der Waals surface area contributed by atoms with Crippen molar-refractivity contribution in [3.05, 3.63) is 11.1 Å². The summed E-state index contributed by atoms with van der Waals surface area (Å²) in [4.78, 5) is 18.6. The van der Waals surface area contributed by atoms with Gasteiger partial charge in [-0.15, -0.1) is 11.3 Å². The molecule has 1 aromatic rings. The van der Waals surface area contributed by atoms with Crippen LogP contribution < -0.4 is 11.1 Å². The zero-order valence-electron chi connectivity index (χ0n) is 10.3. The Morgan fingerprint density at radius 3 is 2.94 bits per heavy atom. The van der Waals surface area contributed by atoms with Crippen molar-refractivity contribution in [2.45, 2.75) is 32.6 Å². The summed E-state index contributed by atoms with van der Waals surface area (Å²) in [7, 11) is 0. The Morgan fingerprint density at radius 2 is 2.33 bits per heavy atom. The lowest BCUT2D eigenvalue weighted by atomic mass is 10.2. The van der Waals surface area contributed by atoms with E-state index in [0.717, 1.165) is 12.8 Å². The lowest BCUT2D eigenvalue weighted by molar-refractivity contribution is 0.0691. The molecule has 0 bridgehead atoms. The lowest BCUT2D eigenvalue weighted by Gasteiger charge is -2.01. The molecule has 0 fully saturated rings. The van der Waals surface area contributed by atoms with Crippen molar-refractivity contribution >= 4 is 28.4 Å². The van der Waals surface area contributed by atoms with Crippen LogP contribution in [0.3, 0.4) is 0 Å². The van der Waals surface area contributed by atoms with Crippen LogP contribution in [0.15, 0.2) is 10.4 Å². The standard InChI is InChI=1S/C11H18N4O2S/c1-2-3-4-5-6-13-10(12)15-11-14-8(7-18-11)9(16)17/h7H,2-6H2,1H3,(H,16,17)(H3,12,13,14,15). The molecule has 7 heteroatoms. The highest BCUT2D eigenvalue weighted by Crippen LogP contribution is 2.14. The van der Waals surface area contributed by atoms with Crippen molar-refractivity contribution < 1.29 is 9.90 Å². The fourth-order valence-electron chi connectivity index (χ4n) is 1.32. The molecule has 6 nitrogen and oxygen atoms in total. The van der Waals surface area contributed by atoms with Gasteiger partial charge >= 0.3 is 5.97 Å². The number of nitrogens with zero attached hydrogens (tertiary/aromatic N) is 2. The maximum Gasteiger partial charge on any atom is 0.355 e. The third kappa shape index (κ3) is 5.13. The first-order chi connectivity index (χ1) is 8.63. The molecule has 4 N–H and O–H groups in total. The van der Waals surface area contributed by atoms with E-state index in [1.54, 1.807) is 0 Å². The molecular formula is C11H18N4O2S. The van der Waals surface area contributed by atoms with Gasteiger partial charge in [0, 0.05) is 11.9 Å². The fourth-order valence-corrected chi connectivity index (χ4v) is 2.01. The number of carboxylic acid groups (broad SMARTS) is 1. The number of carboxylic acids is 1. The van der Waals surface area contributed by atoms with Crippen molar-refractivity contribution in [3.8, 4) is 0 Å². The van der Waals surface area contributed by atoms with E-state index in [2.05, 4.69) is 22.2 Å². The monoisotopic (exact) mass is 270 g/mol. The highest BCUT2D eigenvalue weighted by atomic mass is 32.1. The Hall–Kier alpha value is -1.63. The molecule has 0 amide bonds. The predicted molar refractivity (Wildman–Crippen MR) is 73.3 cm³/mol. The summed E-state index contributed by atoms with van der Waals surface area (Å²) >= 11 is 1.19. The van der Waals surface area contributed by atoms with E-state index in [1.165, 1.54) is 29.6 Å². The number of nitrogens with two attached hydrogens (primary N) is 1. The van der Waals surface area contributed by atoms with Crippen molar-refractivity contribution in [1.29, 1.82) is 0 Å². The van der Waals surface area contributed by atoms with Crippen LogP contribution in [0.4, 0.5) is 5.13 Å². The summed E-state index contributed by atoms with van der Waals surface area (Å²) in [5.74, 6) is -0.771. The van der Waals surface area contributed by atoms with Crippen LogP contribution in [0, 0.1) is 0 Å². The molecule has 0 aromatic carbocycles. The molecule has 1 heterocycles. The molecule has 0 saturated carbocycles. The van der Waals surface area contributed by atoms with Gasteiger partial charge in [-0.05, 0) is 6.42 Å². The SMILES string of the molecule is CCCCCCN=C(N)Nc1nc(C(=O)O)cs1. The first kappa shape index (κ1) is 14.4. The number of nitrogens with one attached hydrogen (secondary N) is 1. The molecule has 0 atom stereocenters. The molecule has 1 rings (SSSR count). The summed E-state index contributed by atoms with van der Waals surface area (Å²) in [5, 5.41) is 13.4. The minimum Gasteiger partial charge on any atom is -0.476 e. The third-order valence-corrected chi connectivity index (χ3v) is 3.01. The van der Waals surface area contributed by atoms with E-state index in [9.17, 15) is 4.79 Å². The minimum absolute atomic E-state index is 0.0123. The first-order valence-electron chi connectivity index (χ1n) is 5.89. The molecule has 1 aromatic heterocycles. The van der Waals surface area contributed by atoms with E-state index in [0.29, 0.717) is 11.7 Å². The molecule has 100 valence electrons. The average Bonchev–Trinajstić information content (AvgIpc) is 2.77. The number of carbonyl (C=O) groups is 1. The van der Waals surface area contributed by atoms with Gasteiger partial charge in [-0.25, -0.2) is 9.78 Å². The van der Waals surface area contributed by atoms with Crippen LogP contribution in [-0.4, -0.2) is 28.6 Å². The van der Waals surface area contributed by atoms with Crippen molar-refractivity contribution in [2.75, 3.05) is 11.9 Å². The minimum atomic E-state index is -1.05. The van der Waals surface area contributed by atoms with Gasteiger partial charge in [-0.1, -0.05) is 26.2 Å². The smallest absolute Gasteiger partial charge is 0.355 e.